The molecule has 1 heterocycles. The van der Waals surface area contributed by atoms with E-state index in [9.17, 15) is 9.42 Å². The van der Waals surface area contributed by atoms with E-state index >= 15 is 0 Å². The van der Waals surface area contributed by atoms with Gasteiger partial charge in [-0.05, 0) is 13.0 Å². The molecule has 2 unspecified atom stereocenters. The molecule has 0 radical (unpaired) electrons. The number of hydrogen-bond acceptors (Lipinski definition) is 4. The van der Waals surface area contributed by atoms with Gasteiger partial charge in [-0.1, -0.05) is 0 Å². The zero-order valence-corrected chi connectivity index (χ0v) is 10.9. The molecule has 7 heteroatoms. The molecule has 0 aliphatic carbocycles. The highest BCUT2D eigenvalue weighted by Gasteiger charge is 2.22. The van der Waals surface area contributed by atoms with Crippen LogP contribution in [0.4, 0.5) is 0 Å². The lowest BCUT2D eigenvalue weighted by Gasteiger charge is -2.09. The monoisotopic (exact) mass is 259 g/mol. The number of rotatable bonds is 3. The van der Waals surface area contributed by atoms with Crippen molar-refractivity contribution in [2.45, 2.75) is 19.1 Å². The molecule has 0 amide bonds. The Balaban J connectivity index is 3.21. The van der Waals surface area contributed by atoms with E-state index in [1.54, 1.807) is 26.0 Å². The SMILES string of the molecule is C=[N+](O)N=S(C)(=O)C(C)c1ccc(C)[n+](O)c1. The van der Waals surface area contributed by atoms with Crippen molar-refractivity contribution in [3.63, 3.8) is 0 Å². The third-order valence-electron chi connectivity index (χ3n) is 2.53. The summed E-state index contributed by atoms with van der Waals surface area (Å²) in [5.74, 6) is 0. The van der Waals surface area contributed by atoms with E-state index in [0.29, 0.717) is 16.1 Å². The van der Waals surface area contributed by atoms with E-state index in [2.05, 4.69) is 11.2 Å². The van der Waals surface area contributed by atoms with Crippen LogP contribution in [0.2, 0.25) is 0 Å². The molecule has 0 spiro atoms. The minimum atomic E-state index is -2.68. The van der Waals surface area contributed by atoms with Crippen LogP contribution in [0.25, 0.3) is 0 Å². The van der Waals surface area contributed by atoms with Crippen molar-refractivity contribution in [3.05, 3.63) is 29.6 Å². The molecule has 94 valence electrons. The van der Waals surface area contributed by atoms with E-state index in [1.165, 1.54) is 12.5 Å². The highest BCUT2D eigenvalue weighted by Crippen LogP contribution is 2.21. The molecule has 0 fully saturated rings. The van der Waals surface area contributed by atoms with Gasteiger partial charge in [0.05, 0.1) is 5.25 Å². The van der Waals surface area contributed by atoms with Crippen LogP contribution in [-0.2, 0) is 9.73 Å². The molecule has 0 saturated heterocycles. The summed E-state index contributed by atoms with van der Waals surface area (Å²) in [7, 11) is -2.68. The standard InChI is InChI=1S/C10H17N3O3S/c1-8-5-6-10(7-13(8)15)9(2)17(4,16)11-12(3)14/h5-7,9,14-15H,3H2,1-2,4H3/q+2. The Morgan fingerprint density at radius 1 is 1.59 bits per heavy atom. The summed E-state index contributed by atoms with van der Waals surface area (Å²) in [4.78, 5) is 0.306. The third kappa shape index (κ3) is 3.16. The summed E-state index contributed by atoms with van der Waals surface area (Å²) in [5, 5.41) is 18.0. The van der Waals surface area contributed by atoms with E-state index in [0.717, 1.165) is 4.73 Å². The fraction of sp³-hybridized carbons (Fsp3) is 0.400. The van der Waals surface area contributed by atoms with Crippen LogP contribution in [0.15, 0.2) is 22.8 Å². The summed E-state index contributed by atoms with van der Waals surface area (Å²) in [6, 6.07) is 3.47. The average molecular weight is 259 g/mol. The van der Waals surface area contributed by atoms with E-state index in [-0.39, 0.29) is 0 Å². The molecule has 0 saturated carbocycles. The number of pyridine rings is 1. The molecule has 0 aliphatic rings. The van der Waals surface area contributed by atoms with Gasteiger partial charge in [-0.15, -0.1) is 0 Å². The van der Waals surface area contributed by atoms with Crippen molar-refractivity contribution in [2.24, 2.45) is 4.47 Å². The quantitative estimate of drug-likeness (QED) is 0.276. The topological polar surface area (TPSA) is 76.8 Å². The zero-order chi connectivity index (χ0) is 13.2. The molecule has 1 rings (SSSR count). The Morgan fingerprint density at radius 2 is 2.18 bits per heavy atom. The highest BCUT2D eigenvalue weighted by atomic mass is 32.2. The lowest BCUT2D eigenvalue weighted by Crippen LogP contribution is -2.34. The van der Waals surface area contributed by atoms with E-state index < -0.39 is 15.0 Å². The maximum atomic E-state index is 12.2. The first-order valence-electron chi connectivity index (χ1n) is 4.96. The fourth-order valence-corrected chi connectivity index (χ4v) is 2.49. The zero-order valence-electron chi connectivity index (χ0n) is 10.1. The molecular formula is C10H17N3O3S+2. The predicted molar refractivity (Wildman–Crippen MR) is 62.6 cm³/mol. The number of aryl methyl sites for hydroxylation is 1. The Hall–Kier alpha value is -1.63. The highest BCUT2D eigenvalue weighted by molar-refractivity contribution is 7.93. The summed E-state index contributed by atoms with van der Waals surface area (Å²) in [5.41, 5.74) is 1.33. The van der Waals surface area contributed by atoms with Crippen LogP contribution < -0.4 is 4.73 Å². The maximum Gasteiger partial charge on any atom is 0.231 e. The van der Waals surface area contributed by atoms with Gasteiger partial charge in [0.25, 0.3) is 0 Å². The van der Waals surface area contributed by atoms with Gasteiger partial charge >= 0.3 is 0 Å². The maximum absolute atomic E-state index is 12.2. The van der Waals surface area contributed by atoms with Crippen LogP contribution in [0.5, 0.6) is 0 Å². The molecule has 1 aromatic rings. The van der Waals surface area contributed by atoms with Gasteiger partial charge in [0, 0.05) is 29.5 Å². The second-order valence-electron chi connectivity index (χ2n) is 3.91. The number of hydrogen-bond donors (Lipinski definition) is 2. The van der Waals surface area contributed by atoms with Crippen LogP contribution >= 0.6 is 0 Å². The Labute approximate surface area is 101 Å². The molecular weight excluding hydrogens is 242 g/mol. The molecule has 0 aromatic carbocycles. The normalized spacial score (nSPS) is 15.9. The van der Waals surface area contributed by atoms with Crippen molar-refractivity contribution in [1.29, 1.82) is 0 Å². The average Bonchev–Trinajstić information content (AvgIpc) is 2.19. The first-order valence-corrected chi connectivity index (χ1v) is 6.94. The van der Waals surface area contributed by atoms with Crippen molar-refractivity contribution in [3.8, 4) is 0 Å². The fourth-order valence-electron chi connectivity index (χ4n) is 1.33. The summed E-state index contributed by atoms with van der Waals surface area (Å²) < 4.78 is 16.7. The molecule has 17 heavy (non-hydrogen) atoms. The summed E-state index contributed by atoms with van der Waals surface area (Å²) in [6.07, 6.45) is 2.90. The van der Waals surface area contributed by atoms with Gasteiger partial charge in [0.1, 0.15) is 19.0 Å². The first kappa shape index (κ1) is 13.4. The van der Waals surface area contributed by atoms with Crippen molar-refractivity contribution >= 4 is 16.4 Å². The predicted octanol–water partition coefficient (Wildman–Crippen LogP) is 0.696. The minimum Gasteiger partial charge on any atom is -0.285 e. The minimum absolute atomic E-state index is 0.306. The smallest absolute Gasteiger partial charge is 0.231 e. The van der Waals surface area contributed by atoms with Crippen LogP contribution in [-0.4, -0.2) is 32.4 Å². The molecule has 0 bridgehead atoms. The van der Waals surface area contributed by atoms with Gasteiger partial charge in [-0.2, -0.15) is 0 Å². The van der Waals surface area contributed by atoms with Crippen LogP contribution in [0.3, 0.4) is 0 Å². The van der Waals surface area contributed by atoms with Gasteiger partial charge in [0.2, 0.25) is 18.6 Å². The molecule has 0 aliphatic heterocycles. The van der Waals surface area contributed by atoms with Crippen molar-refractivity contribution in [1.82, 2.24) is 0 Å². The first-order chi connectivity index (χ1) is 7.74. The molecule has 2 N–H and O–H groups in total. The van der Waals surface area contributed by atoms with E-state index in [1.807, 2.05) is 0 Å². The van der Waals surface area contributed by atoms with Gasteiger partial charge in [-0.3, -0.25) is 10.4 Å². The lowest BCUT2D eigenvalue weighted by atomic mass is 10.2. The van der Waals surface area contributed by atoms with Crippen molar-refractivity contribution < 1.29 is 24.2 Å². The third-order valence-corrected chi connectivity index (χ3v) is 4.63. The van der Waals surface area contributed by atoms with Crippen LogP contribution in [0.1, 0.15) is 23.4 Å². The summed E-state index contributed by atoms with van der Waals surface area (Å²) >= 11 is 0. The second-order valence-corrected chi connectivity index (χ2v) is 6.50. The molecule has 1 aromatic heterocycles. The molecule has 6 nitrogen and oxygen atoms in total. The molecule has 2 atom stereocenters. The lowest BCUT2D eigenvalue weighted by molar-refractivity contribution is -0.909. The van der Waals surface area contributed by atoms with Gasteiger partial charge < -0.3 is 0 Å². The van der Waals surface area contributed by atoms with Crippen molar-refractivity contribution in [2.75, 3.05) is 6.26 Å². The Bertz CT molecular complexity index is 562. The van der Waals surface area contributed by atoms with Crippen LogP contribution in [0, 0.1) is 6.92 Å². The van der Waals surface area contributed by atoms with Gasteiger partial charge in [-0.25, -0.2) is 4.21 Å². The Morgan fingerprint density at radius 3 is 2.65 bits per heavy atom. The number of aromatic nitrogens is 1. The largest absolute Gasteiger partial charge is 0.285 e. The Kier molecular flexibility index (Phi) is 3.72. The van der Waals surface area contributed by atoms with E-state index in [4.69, 9.17) is 5.21 Å². The second kappa shape index (κ2) is 4.70. The van der Waals surface area contributed by atoms with Gasteiger partial charge in [0.15, 0.2) is 0 Å². The number of nitrogens with zero attached hydrogens (tertiary/aromatic N) is 3. The summed E-state index contributed by atoms with van der Waals surface area (Å²) in [6.45, 7) is 6.57.